The number of halogens is 2. The van der Waals surface area contributed by atoms with Crippen LogP contribution < -0.4 is 5.73 Å². The van der Waals surface area contributed by atoms with E-state index in [4.69, 9.17) is 28.9 Å². The highest BCUT2D eigenvalue weighted by Crippen LogP contribution is 2.32. The van der Waals surface area contributed by atoms with Crippen LogP contribution in [-0.2, 0) is 13.1 Å². The highest BCUT2D eigenvalue weighted by molar-refractivity contribution is 6.33. The quantitative estimate of drug-likeness (QED) is 0.806. The Morgan fingerprint density at radius 1 is 1.00 bits per heavy atom. The third-order valence-electron chi connectivity index (χ3n) is 3.87. The van der Waals surface area contributed by atoms with Crippen molar-refractivity contribution in [1.29, 1.82) is 0 Å². The van der Waals surface area contributed by atoms with Crippen LogP contribution in [0, 0.1) is 0 Å². The fourth-order valence-electron chi connectivity index (χ4n) is 2.53. The minimum Gasteiger partial charge on any atom is -0.398 e. The SMILES string of the molecule is Nc1ccccc1CN(Cc1cc(Cl)ccc1Cl)C1CC1. The largest absolute Gasteiger partial charge is 0.398 e. The molecule has 1 aliphatic carbocycles. The monoisotopic (exact) mass is 320 g/mol. The first-order chi connectivity index (χ1) is 10.1. The molecule has 0 unspecified atom stereocenters. The molecular weight excluding hydrogens is 303 g/mol. The second-order valence-corrected chi connectivity index (χ2v) is 6.41. The van der Waals surface area contributed by atoms with Crippen molar-refractivity contribution in [2.24, 2.45) is 0 Å². The Labute approximate surface area is 135 Å². The van der Waals surface area contributed by atoms with Crippen molar-refractivity contribution >= 4 is 28.9 Å². The summed E-state index contributed by atoms with van der Waals surface area (Å²) in [5.41, 5.74) is 9.15. The number of hydrogen-bond donors (Lipinski definition) is 1. The van der Waals surface area contributed by atoms with Crippen LogP contribution in [0.5, 0.6) is 0 Å². The van der Waals surface area contributed by atoms with E-state index in [0.717, 1.165) is 34.4 Å². The van der Waals surface area contributed by atoms with Gasteiger partial charge in [0.15, 0.2) is 0 Å². The summed E-state index contributed by atoms with van der Waals surface area (Å²) < 4.78 is 0. The summed E-state index contributed by atoms with van der Waals surface area (Å²) in [4.78, 5) is 2.43. The number of rotatable bonds is 5. The maximum Gasteiger partial charge on any atom is 0.0452 e. The predicted molar refractivity (Wildman–Crippen MR) is 89.6 cm³/mol. The summed E-state index contributed by atoms with van der Waals surface area (Å²) in [5.74, 6) is 0. The van der Waals surface area contributed by atoms with Gasteiger partial charge in [0.1, 0.15) is 0 Å². The van der Waals surface area contributed by atoms with Crippen molar-refractivity contribution in [2.75, 3.05) is 5.73 Å². The Hall–Kier alpha value is -1.22. The lowest BCUT2D eigenvalue weighted by atomic mass is 10.1. The molecule has 0 heterocycles. The summed E-state index contributed by atoms with van der Waals surface area (Å²) in [6, 6.07) is 14.3. The van der Waals surface area contributed by atoms with Gasteiger partial charge in [-0.1, -0.05) is 41.4 Å². The minimum absolute atomic E-state index is 0.625. The summed E-state index contributed by atoms with van der Waals surface area (Å²) in [7, 11) is 0. The third-order valence-corrected chi connectivity index (χ3v) is 4.48. The van der Waals surface area contributed by atoms with Gasteiger partial charge in [0.05, 0.1) is 0 Å². The van der Waals surface area contributed by atoms with Crippen molar-refractivity contribution in [3.05, 3.63) is 63.6 Å². The number of hydrogen-bond acceptors (Lipinski definition) is 2. The fourth-order valence-corrected chi connectivity index (χ4v) is 2.91. The van der Waals surface area contributed by atoms with Crippen LogP contribution in [0.2, 0.25) is 10.0 Å². The van der Waals surface area contributed by atoms with E-state index in [1.807, 2.05) is 36.4 Å². The number of nitrogen functional groups attached to an aromatic ring is 1. The van der Waals surface area contributed by atoms with Gasteiger partial charge in [0.25, 0.3) is 0 Å². The molecule has 0 aromatic heterocycles. The topological polar surface area (TPSA) is 29.3 Å². The molecule has 1 fully saturated rings. The average molecular weight is 321 g/mol. The van der Waals surface area contributed by atoms with Crippen LogP contribution in [0.25, 0.3) is 0 Å². The zero-order valence-electron chi connectivity index (χ0n) is 11.7. The van der Waals surface area contributed by atoms with Crippen LogP contribution in [0.3, 0.4) is 0 Å². The Balaban J connectivity index is 1.79. The van der Waals surface area contributed by atoms with Crippen LogP contribution >= 0.6 is 23.2 Å². The molecular formula is C17H18Cl2N2. The molecule has 110 valence electrons. The lowest BCUT2D eigenvalue weighted by molar-refractivity contribution is 0.246. The van der Waals surface area contributed by atoms with Gasteiger partial charge in [-0.05, 0) is 48.2 Å². The smallest absolute Gasteiger partial charge is 0.0452 e. The third kappa shape index (κ3) is 3.70. The van der Waals surface area contributed by atoms with Crippen molar-refractivity contribution in [1.82, 2.24) is 4.90 Å². The van der Waals surface area contributed by atoms with E-state index >= 15 is 0 Å². The lowest BCUT2D eigenvalue weighted by Crippen LogP contribution is -2.25. The van der Waals surface area contributed by atoms with Crippen LogP contribution in [0.1, 0.15) is 24.0 Å². The molecule has 0 bridgehead atoms. The Kier molecular flexibility index (Phi) is 4.39. The van der Waals surface area contributed by atoms with Gasteiger partial charge in [0, 0.05) is 34.9 Å². The first kappa shape index (κ1) is 14.7. The number of nitrogens with zero attached hydrogens (tertiary/aromatic N) is 1. The summed E-state index contributed by atoms with van der Waals surface area (Å²) in [6.07, 6.45) is 2.48. The van der Waals surface area contributed by atoms with E-state index in [2.05, 4.69) is 11.0 Å². The lowest BCUT2D eigenvalue weighted by Gasteiger charge is -2.23. The van der Waals surface area contributed by atoms with Gasteiger partial charge in [-0.25, -0.2) is 0 Å². The fraction of sp³-hybridized carbons (Fsp3) is 0.294. The van der Waals surface area contributed by atoms with E-state index in [1.54, 1.807) is 0 Å². The first-order valence-corrected chi connectivity index (χ1v) is 7.90. The van der Waals surface area contributed by atoms with Gasteiger partial charge in [-0.2, -0.15) is 0 Å². The molecule has 2 aromatic rings. The van der Waals surface area contributed by atoms with E-state index < -0.39 is 0 Å². The van der Waals surface area contributed by atoms with E-state index in [1.165, 1.54) is 18.4 Å². The molecule has 2 N–H and O–H groups in total. The van der Waals surface area contributed by atoms with Gasteiger partial charge in [-0.15, -0.1) is 0 Å². The highest BCUT2D eigenvalue weighted by atomic mass is 35.5. The molecule has 2 aromatic carbocycles. The molecule has 1 aliphatic rings. The van der Waals surface area contributed by atoms with E-state index in [9.17, 15) is 0 Å². The number of anilines is 1. The maximum absolute atomic E-state index is 6.29. The predicted octanol–water partition coefficient (Wildman–Crippen LogP) is 4.74. The maximum atomic E-state index is 6.29. The van der Waals surface area contributed by atoms with Gasteiger partial charge in [0.2, 0.25) is 0 Å². The summed E-state index contributed by atoms with van der Waals surface area (Å²) >= 11 is 12.4. The van der Waals surface area contributed by atoms with Crippen LogP contribution in [-0.4, -0.2) is 10.9 Å². The van der Waals surface area contributed by atoms with Gasteiger partial charge >= 0.3 is 0 Å². The second-order valence-electron chi connectivity index (χ2n) is 5.57. The molecule has 0 spiro atoms. The molecule has 1 saturated carbocycles. The highest BCUT2D eigenvalue weighted by Gasteiger charge is 2.29. The molecule has 21 heavy (non-hydrogen) atoms. The zero-order chi connectivity index (χ0) is 14.8. The number of benzene rings is 2. The van der Waals surface area contributed by atoms with Crippen molar-refractivity contribution in [3.63, 3.8) is 0 Å². The van der Waals surface area contributed by atoms with Crippen LogP contribution in [0.15, 0.2) is 42.5 Å². The molecule has 4 heteroatoms. The van der Waals surface area contributed by atoms with E-state index in [0.29, 0.717) is 6.04 Å². The van der Waals surface area contributed by atoms with Crippen molar-refractivity contribution < 1.29 is 0 Å². The van der Waals surface area contributed by atoms with Crippen molar-refractivity contribution in [3.8, 4) is 0 Å². The van der Waals surface area contributed by atoms with E-state index in [-0.39, 0.29) is 0 Å². The molecule has 0 atom stereocenters. The summed E-state index contributed by atoms with van der Waals surface area (Å²) in [6.45, 7) is 1.65. The standard InChI is InChI=1S/C17H18Cl2N2/c18-14-5-8-16(19)13(9-14)11-21(15-6-7-15)10-12-3-1-2-4-17(12)20/h1-5,8-9,15H,6-7,10-11,20H2. The first-order valence-electron chi connectivity index (χ1n) is 7.15. The number of nitrogens with two attached hydrogens (primary N) is 1. The Morgan fingerprint density at radius 2 is 1.71 bits per heavy atom. The Bertz CT molecular complexity index is 638. The molecule has 0 radical (unpaired) electrons. The van der Waals surface area contributed by atoms with Crippen molar-refractivity contribution in [2.45, 2.75) is 32.0 Å². The Morgan fingerprint density at radius 3 is 2.43 bits per heavy atom. The molecule has 0 saturated heterocycles. The van der Waals surface area contributed by atoms with Crippen LogP contribution in [0.4, 0.5) is 5.69 Å². The molecule has 0 amide bonds. The van der Waals surface area contributed by atoms with Gasteiger partial charge in [-0.3, -0.25) is 4.90 Å². The van der Waals surface area contributed by atoms with Gasteiger partial charge < -0.3 is 5.73 Å². The normalized spacial score (nSPS) is 14.6. The average Bonchev–Trinajstić information content (AvgIpc) is 3.29. The molecule has 2 nitrogen and oxygen atoms in total. The summed E-state index contributed by atoms with van der Waals surface area (Å²) in [5, 5.41) is 1.50. The zero-order valence-corrected chi connectivity index (χ0v) is 13.2. The second kappa shape index (κ2) is 6.27. The molecule has 0 aliphatic heterocycles. The number of para-hydroxylation sites is 1. The molecule has 3 rings (SSSR count). The minimum atomic E-state index is 0.625.